The van der Waals surface area contributed by atoms with Crippen molar-refractivity contribution in [1.82, 2.24) is 24.1 Å². The molecular weight excluding hydrogens is 587 g/mol. The highest BCUT2D eigenvalue weighted by Crippen LogP contribution is 2.46. The van der Waals surface area contributed by atoms with E-state index in [4.69, 9.17) is 9.97 Å². The molecule has 0 unspecified atom stereocenters. The van der Waals surface area contributed by atoms with E-state index in [-0.39, 0.29) is 0 Å². The molecule has 0 atom stereocenters. The van der Waals surface area contributed by atoms with Crippen LogP contribution in [0, 0.1) is 0 Å². The van der Waals surface area contributed by atoms with E-state index in [0.717, 1.165) is 61.2 Å². The number of rotatable bonds is 4. The molecule has 48 heavy (non-hydrogen) atoms. The lowest BCUT2D eigenvalue weighted by Gasteiger charge is -2.14. The molecule has 0 saturated heterocycles. The first-order chi connectivity index (χ1) is 23.8. The monoisotopic (exact) mass is 613 g/mol. The number of pyridine rings is 1. The van der Waals surface area contributed by atoms with Gasteiger partial charge >= 0.3 is 0 Å². The van der Waals surface area contributed by atoms with E-state index in [2.05, 4.69) is 142 Å². The normalized spacial score (nSPS) is 11.8. The molecule has 5 nitrogen and oxygen atoms in total. The first kappa shape index (κ1) is 26.6. The maximum Gasteiger partial charge on any atom is 0.162 e. The van der Waals surface area contributed by atoms with Crippen LogP contribution in [0.1, 0.15) is 0 Å². The Bertz CT molecular complexity index is 2760. The van der Waals surface area contributed by atoms with Gasteiger partial charge in [0, 0.05) is 62.2 Å². The summed E-state index contributed by atoms with van der Waals surface area (Å²) in [6, 6.07) is 52.9. The molecule has 0 amide bonds. The van der Waals surface area contributed by atoms with E-state index in [1.807, 2.05) is 36.7 Å². The van der Waals surface area contributed by atoms with Gasteiger partial charge in [-0.25, -0.2) is 9.97 Å². The third-order valence-electron chi connectivity index (χ3n) is 9.39. The van der Waals surface area contributed by atoms with Gasteiger partial charge in [-0.2, -0.15) is 0 Å². The molecule has 0 fully saturated rings. The van der Waals surface area contributed by atoms with E-state index in [0.29, 0.717) is 5.82 Å². The zero-order chi connectivity index (χ0) is 31.6. The van der Waals surface area contributed by atoms with Crippen LogP contribution in [-0.2, 0) is 0 Å². The number of aromatic nitrogens is 5. The lowest BCUT2D eigenvalue weighted by atomic mass is 10.0. The smallest absolute Gasteiger partial charge is 0.162 e. The third kappa shape index (κ3) is 3.88. The molecule has 4 aromatic heterocycles. The van der Waals surface area contributed by atoms with Crippen LogP contribution in [0.4, 0.5) is 0 Å². The number of hydrogen-bond donors (Lipinski definition) is 0. The topological polar surface area (TPSA) is 48.5 Å². The quantitative estimate of drug-likeness (QED) is 0.198. The predicted octanol–water partition coefficient (Wildman–Crippen LogP) is 10.6. The zero-order valence-corrected chi connectivity index (χ0v) is 25.8. The van der Waals surface area contributed by atoms with Gasteiger partial charge < -0.3 is 4.57 Å². The van der Waals surface area contributed by atoms with Gasteiger partial charge in [-0.05, 0) is 35.7 Å². The summed E-state index contributed by atoms with van der Waals surface area (Å²) in [7, 11) is 0. The Hall–Kier alpha value is -6.59. The molecule has 6 aromatic carbocycles. The van der Waals surface area contributed by atoms with Crippen LogP contribution in [-0.4, -0.2) is 24.1 Å². The molecule has 0 aliphatic carbocycles. The molecule has 0 saturated carbocycles. The van der Waals surface area contributed by atoms with Crippen molar-refractivity contribution in [3.63, 3.8) is 0 Å². The second-order valence-corrected chi connectivity index (χ2v) is 12.1. The number of benzene rings is 6. The summed E-state index contributed by atoms with van der Waals surface area (Å²) < 4.78 is 4.75. The first-order valence-corrected chi connectivity index (χ1v) is 16.1. The van der Waals surface area contributed by atoms with Crippen molar-refractivity contribution in [2.75, 3.05) is 0 Å². The molecule has 5 heteroatoms. The minimum absolute atomic E-state index is 0.686. The summed E-state index contributed by atoms with van der Waals surface area (Å²) >= 11 is 0. The van der Waals surface area contributed by atoms with Crippen LogP contribution in [0.3, 0.4) is 0 Å². The molecule has 0 bridgehead atoms. The van der Waals surface area contributed by atoms with Gasteiger partial charge in [0.15, 0.2) is 5.82 Å². The van der Waals surface area contributed by atoms with Crippen molar-refractivity contribution in [2.45, 2.75) is 0 Å². The van der Waals surface area contributed by atoms with Gasteiger partial charge in [0.2, 0.25) is 0 Å². The van der Waals surface area contributed by atoms with Crippen LogP contribution >= 0.6 is 0 Å². The maximum atomic E-state index is 5.34. The Morgan fingerprint density at radius 1 is 0.438 bits per heavy atom. The minimum atomic E-state index is 0.686. The van der Waals surface area contributed by atoms with Gasteiger partial charge in [0.05, 0.1) is 27.8 Å². The summed E-state index contributed by atoms with van der Waals surface area (Å²) in [5.41, 5.74) is 8.47. The van der Waals surface area contributed by atoms with Crippen molar-refractivity contribution in [3.8, 4) is 34.2 Å². The van der Waals surface area contributed by atoms with E-state index in [9.17, 15) is 0 Å². The van der Waals surface area contributed by atoms with Crippen LogP contribution in [0.25, 0.3) is 88.5 Å². The lowest BCUT2D eigenvalue weighted by molar-refractivity contribution is 1.05. The van der Waals surface area contributed by atoms with Crippen molar-refractivity contribution in [1.29, 1.82) is 0 Å². The number of fused-ring (bicyclic) bond motifs is 10. The Kier molecular flexibility index (Phi) is 5.81. The molecule has 10 aromatic rings. The summed E-state index contributed by atoms with van der Waals surface area (Å²) in [5, 5.41) is 6.97. The lowest BCUT2D eigenvalue weighted by Crippen LogP contribution is -2.03. The molecule has 4 heterocycles. The molecule has 0 aliphatic rings. The summed E-state index contributed by atoms with van der Waals surface area (Å²) in [6.07, 6.45) is 3.92. The number of para-hydroxylation sites is 3. The van der Waals surface area contributed by atoms with Gasteiger partial charge in [0.25, 0.3) is 0 Å². The maximum absolute atomic E-state index is 5.34. The average Bonchev–Trinajstić information content (AvgIpc) is 3.70. The van der Waals surface area contributed by atoms with E-state index < -0.39 is 0 Å². The molecule has 10 rings (SSSR count). The molecular formula is C43H27N5. The van der Waals surface area contributed by atoms with E-state index in [1.54, 1.807) is 0 Å². The fourth-order valence-electron chi connectivity index (χ4n) is 7.39. The van der Waals surface area contributed by atoms with Crippen molar-refractivity contribution in [3.05, 3.63) is 164 Å². The highest BCUT2D eigenvalue weighted by molar-refractivity contribution is 6.36. The Labute approximate surface area is 276 Å². The first-order valence-electron chi connectivity index (χ1n) is 16.1. The zero-order valence-electron chi connectivity index (χ0n) is 25.8. The fourth-order valence-corrected chi connectivity index (χ4v) is 7.39. The Morgan fingerprint density at radius 2 is 1.04 bits per heavy atom. The van der Waals surface area contributed by atoms with E-state index in [1.165, 1.54) is 21.5 Å². The predicted molar refractivity (Wildman–Crippen MR) is 197 cm³/mol. The van der Waals surface area contributed by atoms with Crippen molar-refractivity contribution < 1.29 is 0 Å². The standard InChI is InChI=1S/C43H27N5/c1-4-14-28(15-5-1)35-26-38(46-43(45-35)29-16-6-2-7-17-29)48-37-23-13-10-20-32(37)39-31-24-25-44-27-34(31)41-40(42(39)48)33-21-11-12-22-36(33)47(41)30-18-8-3-9-19-30/h1-27H. The molecule has 0 N–H and O–H groups in total. The van der Waals surface area contributed by atoms with Crippen LogP contribution in [0.5, 0.6) is 0 Å². The average molecular weight is 614 g/mol. The number of nitrogens with zero attached hydrogens (tertiary/aromatic N) is 5. The van der Waals surface area contributed by atoms with Gasteiger partial charge in [0.1, 0.15) is 5.82 Å². The Balaban J connectivity index is 1.45. The number of hydrogen-bond acceptors (Lipinski definition) is 3. The summed E-state index contributed by atoms with van der Waals surface area (Å²) in [6.45, 7) is 0. The highest BCUT2D eigenvalue weighted by Gasteiger charge is 2.25. The Morgan fingerprint density at radius 3 is 1.77 bits per heavy atom. The van der Waals surface area contributed by atoms with Crippen LogP contribution < -0.4 is 0 Å². The molecule has 0 spiro atoms. The molecule has 0 aliphatic heterocycles. The second kappa shape index (κ2) is 10.5. The molecule has 0 radical (unpaired) electrons. The van der Waals surface area contributed by atoms with Crippen LogP contribution in [0.2, 0.25) is 0 Å². The fraction of sp³-hybridized carbons (Fsp3) is 0. The van der Waals surface area contributed by atoms with Gasteiger partial charge in [-0.15, -0.1) is 0 Å². The van der Waals surface area contributed by atoms with Gasteiger partial charge in [-0.3, -0.25) is 9.55 Å². The van der Waals surface area contributed by atoms with Crippen LogP contribution in [0.15, 0.2) is 164 Å². The molecule has 224 valence electrons. The largest absolute Gasteiger partial charge is 0.308 e. The summed E-state index contributed by atoms with van der Waals surface area (Å²) in [5.74, 6) is 1.51. The minimum Gasteiger partial charge on any atom is -0.308 e. The highest BCUT2D eigenvalue weighted by atomic mass is 15.1. The van der Waals surface area contributed by atoms with Crippen molar-refractivity contribution >= 4 is 54.4 Å². The summed E-state index contributed by atoms with van der Waals surface area (Å²) in [4.78, 5) is 15.1. The SMILES string of the molecule is c1ccc(-c2cc(-n3c4ccccc4c4c5ccncc5c5c(c6ccccc6n5-c5ccccc5)c43)nc(-c3ccccc3)n2)cc1. The van der Waals surface area contributed by atoms with Gasteiger partial charge in [-0.1, -0.05) is 115 Å². The van der Waals surface area contributed by atoms with Crippen molar-refractivity contribution in [2.24, 2.45) is 0 Å². The van der Waals surface area contributed by atoms with E-state index >= 15 is 0 Å². The third-order valence-corrected chi connectivity index (χ3v) is 9.39. The second-order valence-electron chi connectivity index (χ2n) is 12.1.